The summed E-state index contributed by atoms with van der Waals surface area (Å²) in [6, 6.07) is 17.8. The van der Waals surface area contributed by atoms with Crippen LogP contribution in [0.4, 0.5) is 0 Å². The van der Waals surface area contributed by atoms with Gasteiger partial charge in [-0.2, -0.15) is 0 Å². The number of thiophene rings is 1. The van der Waals surface area contributed by atoms with E-state index >= 15 is 0 Å². The standard InChI is InChI=1S/C18H14S/c1-11-7-8-13-9-16-14-5-3-4-6-17(14)19-18(16)10-15(13)12(11)2/h3-10H,1-2H3. The molecule has 19 heavy (non-hydrogen) atoms. The van der Waals surface area contributed by atoms with Crippen molar-refractivity contribution in [2.24, 2.45) is 0 Å². The predicted molar refractivity (Wildman–Crippen MR) is 86.3 cm³/mol. The van der Waals surface area contributed by atoms with E-state index in [1.165, 1.54) is 42.1 Å². The van der Waals surface area contributed by atoms with E-state index in [9.17, 15) is 0 Å². The van der Waals surface area contributed by atoms with Crippen LogP contribution in [0.15, 0.2) is 48.5 Å². The van der Waals surface area contributed by atoms with E-state index in [0.717, 1.165) is 0 Å². The van der Waals surface area contributed by atoms with Crippen molar-refractivity contribution in [3.63, 3.8) is 0 Å². The Bertz CT molecular complexity index is 929. The highest BCUT2D eigenvalue weighted by atomic mass is 32.1. The van der Waals surface area contributed by atoms with Crippen LogP contribution in [0.5, 0.6) is 0 Å². The summed E-state index contributed by atoms with van der Waals surface area (Å²) in [6.45, 7) is 4.40. The summed E-state index contributed by atoms with van der Waals surface area (Å²) < 4.78 is 2.77. The molecule has 4 rings (SSSR count). The first-order valence-electron chi connectivity index (χ1n) is 6.55. The van der Waals surface area contributed by atoms with Crippen molar-refractivity contribution in [1.29, 1.82) is 0 Å². The number of hydrogen-bond acceptors (Lipinski definition) is 1. The van der Waals surface area contributed by atoms with Crippen LogP contribution in [-0.4, -0.2) is 0 Å². The Kier molecular flexibility index (Phi) is 2.21. The second kappa shape index (κ2) is 3.82. The molecule has 0 radical (unpaired) electrons. The zero-order valence-corrected chi connectivity index (χ0v) is 11.8. The van der Waals surface area contributed by atoms with Crippen LogP contribution in [0.1, 0.15) is 11.1 Å². The lowest BCUT2D eigenvalue weighted by Crippen LogP contribution is -1.83. The van der Waals surface area contributed by atoms with E-state index in [-0.39, 0.29) is 0 Å². The van der Waals surface area contributed by atoms with Crippen molar-refractivity contribution in [2.45, 2.75) is 13.8 Å². The van der Waals surface area contributed by atoms with Gasteiger partial charge in [0.2, 0.25) is 0 Å². The van der Waals surface area contributed by atoms with Gasteiger partial charge in [-0.1, -0.05) is 30.3 Å². The molecule has 0 bridgehead atoms. The minimum atomic E-state index is 1.35. The largest absolute Gasteiger partial charge is 0.135 e. The maximum atomic E-state index is 2.36. The zero-order chi connectivity index (χ0) is 13.0. The summed E-state index contributed by atoms with van der Waals surface area (Å²) in [7, 11) is 0. The topological polar surface area (TPSA) is 0 Å². The van der Waals surface area contributed by atoms with Gasteiger partial charge < -0.3 is 0 Å². The quantitative estimate of drug-likeness (QED) is 0.374. The molecule has 1 heteroatoms. The number of rotatable bonds is 0. The minimum absolute atomic E-state index is 1.35. The number of benzene rings is 3. The molecule has 0 saturated heterocycles. The van der Waals surface area contributed by atoms with Crippen LogP contribution in [-0.2, 0) is 0 Å². The lowest BCUT2D eigenvalue weighted by atomic mass is 9.99. The van der Waals surface area contributed by atoms with Crippen LogP contribution in [0.25, 0.3) is 30.9 Å². The van der Waals surface area contributed by atoms with Crippen molar-refractivity contribution < 1.29 is 0 Å². The molecule has 0 unspecified atom stereocenters. The third kappa shape index (κ3) is 1.52. The summed E-state index contributed by atoms with van der Waals surface area (Å²) in [5, 5.41) is 5.50. The monoisotopic (exact) mass is 262 g/mol. The average Bonchev–Trinajstić information content (AvgIpc) is 2.79. The van der Waals surface area contributed by atoms with Gasteiger partial charge in [0.25, 0.3) is 0 Å². The van der Waals surface area contributed by atoms with Gasteiger partial charge in [0.1, 0.15) is 0 Å². The first-order chi connectivity index (χ1) is 9.24. The Hall–Kier alpha value is -1.86. The molecule has 92 valence electrons. The smallest absolute Gasteiger partial charge is 0.0361 e. The molecule has 1 aromatic heterocycles. The number of aryl methyl sites for hydroxylation is 2. The van der Waals surface area contributed by atoms with Crippen molar-refractivity contribution in [3.05, 3.63) is 59.7 Å². The maximum Gasteiger partial charge on any atom is 0.0361 e. The molecule has 0 aliphatic carbocycles. The Morgan fingerprint density at radius 3 is 2.47 bits per heavy atom. The fourth-order valence-corrected chi connectivity index (χ4v) is 3.93. The highest BCUT2D eigenvalue weighted by molar-refractivity contribution is 7.25. The van der Waals surface area contributed by atoms with Gasteiger partial charge in [-0.25, -0.2) is 0 Å². The third-order valence-electron chi connectivity index (χ3n) is 4.06. The fraction of sp³-hybridized carbons (Fsp3) is 0.111. The first-order valence-corrected chi connectivity index (χ1v) is 7.37. The molecule has 0 atom stereocenters. The molecule has 0 nitrogen and oxygen atoms in total. The van der Waals surface area contributed by atoms with Crippen molar-refractivity contribution in [3.8, 4) is 0 Å². The van der Waals surface area contributed by atoms with Crippen molar-refractivity contribution >= 4 is 42.3 Å². The summed E-state index contributed by atoms with van der Waals surface area (Å²) in [5.41, 5.74) is 2.77. The molecule has 0 aliphatic rings. The van der Waals surface area contributed by atoms with Crippen LogP contribution in [0.2, 0.25) is 0 Å². The molecule has 0 aliphatic heterocycles. The summed E-state index contributed by atoms with van der Waals surface area (Å²) >= 11 is 1.89. The zero-order valence-electron chi connectivity index (χ0n) is 11.0. The van der Waals surface area contributed by atoms with E-state index < -0.39 is 0 Å². The Balaban J connectivity index is 2.24. The summed E-state index contributed by atoms with van der Waals surface area (Å²) in [5.74, 6) is 0. The van der Waals surface area contributed by atoms with Gasteiger partial charge in [0.05, 0.1) is 0 Å². The highest BCUT2D eigenvalue weighted by Gasteiger charge is 2.07. The molecular weight excluding hydrogens is 248 g/mol. The van der Waals surface area contributed by atoms with Crippen LogP contribution in [0.3, 0.4) is 0 Å². The van der Waals surface area contributed by atoms with E-state index in [1.54, 1.807) is 0 Å². The number of hydrogen-bond donors (Lipinski definition) is 0. The van der Waals surface area contributed by atoms with E-state index in [1.807, 2.05) is 11.3 Å². The summed E-state index contributed by atoms with van der Waals surface area (Å²) in [4.78, 5) is 0. The van der Waals surface area contributed by atoms with E-state index in [0.29, 0.717) is 0 Å². The van der Waals surface area contributed by atoms with Gasteiger partial charge in [-0.05, 0) is 53.9 Å². The van der Waals surface area contributed by atoms with Crippen LogP contribution in [0, 0.1) is 13.8 Å². The second-order valence-electron chi connectivity index (χ2n) is 5.18. The molecule has 0 spiro atoms. The highest BCUT2D eigenvalue weighted by Crippen LogP contribution is 2.37. The molecule has 0 fully saturated rings. The molecule has 4 aromatic rings. The van der Waals surface area contributed by atoms with Gasteiger partial charge in [-0.15, -0.1) is 11.3 Å². The van der Waals surface area contributed by atoms with Gasteiger partial charge in [-0.3, -0.25) is 0 Å². The molecule has 0 N–H and O–H groups in total. The average molecular weight is 262 g/mol. The van der Waals surface area contributed by atoms with Gasteiger partial charge >= 0.3 is 0 Å². The lowest BCUT2D eigenvalue weighted by molar-refractivity contribution is 1.38. The van der Waals surface area contributed by atoms with E-state index in [2.05, 4.69) is 62.4 Å². The van der Waals surface area contributed by atoms with Crippen molar-refractivity contribution in [1.82, 2.24) is 0 Å². The fourth-order valence-electron chi connectivity index (χ4n) is 2.80. The molecule has 0 amide bonds. The normalized spacial score (nSPS) is 11.7. The Morgan fingerprint density at radius 2 is 1.58 bits per heavy atom. The Morgan fingerprint density at radius 1 is 0.737 bits per heavy atom. The first kappa shape index (κ1) is 11.0. The number of fused-ring (bicyclic) bond motifs is 4. The van der Waals surface area contributed by atoms with E-state index in [4.69, 9.17) is 0 Å². The second-order valence-corrected chi connectivity index (χ2v) is 6.26. The predicted octanol–water partition coefficient (Wildman–Crippen LogP) is 5.82. The lowest BCUT2D eigenvalue weighted by Gasteiger charge is -2.06. The molecule has 3 aromatic carbocycles. The maximum absolute atomic E-state index is 2.36. The van der Waals surface area contributed by atoms with Crippen molar-refractivity contribution in [2.75, 3.05) is 0 Å². The Labute approximate surface area is 116 Å². The van der Waals surface area contributed by atoms with Gasteiger partial charge in [0, 0.05) is 20.2 Å². The van der Waals surface area contributed by atoms with Crippen LogP contribution < -0.4 is 0 Å². The summed E-state index contributed by atoms with van der Waals surface area (Å²) in [6.07, 6.45) is 0. The molecular formula is C18H14S. The third-order valence-corrected chi connectivity index (χ3v) is 5.19. The molecule has 1 heterocycles. The molecule has 0 saturated carbocycles. The minimum Gasteiger partial charge on any atom is -0.135 e. The SMILES string of the molecule is Cc1ccc2cc3c(cc2c1C)sc1ccccc13. The van der Waals surface area contributed by atoms with Crippen LogP contribution >= 0.6 is 11.3 Å². The van der Waals surface area contributed by atoms with Gasteiger partial charge in [0.15, 0.2) is 0 Å².